The van der Waals surface area contributed by atoms with Gasteiger partial charge in [0.2, 0.25) is 0 Å². The number of phenolic OH excluding ortho intramolecular Hbond substituents is 2. The molecule has 8 nitrogen and oxygen atoms in total. The van der Waals surface area contributed by atoms with Crippen molar-refractivity contribution in [2.75, 3.05) is 33.2 Å². The van der Waals surface area contributed by atoms with Crippen LogP contribution in [0.2, 0.25) is 0 Å². The molecule has 0 aliphatic carbocycles. The monoisotopic (exact) mass is 441 g/mol. The third-order valence-corrected chi connectivity index (χ3v) is 5.96. The van der Waals surface area contributed by atoms with Crippen LogP contribution in [0.3, 0.4) is 0 Å². The highest BCUT2D eigenvalue weighted by molar-refractivity contribution is 5.69. The van der Waals surface area contributed by atoms with Gasteiger partial charge >= 0.3 is 5.69 Å². The van der Waals surface area contributed by atoms with Gasteiger partial charge in [0.05, 0.1) is 11.3 Å². The van der Waals surface area contributed by atoms with Crippen LogP contribution in [0.1, 0.15) is 30.9 Å². The van der Waals surface area contributed by atoms with Crippen molar-refractivity contribution in [3.8, 4) is 28.6 Å². The highest BCUT2D eigenvalue weighted by atomic mass is 19.1. The van der Waals surface area contributed by atoms with Crippen LogP contribution < -0.4 is 5.69 Å². The lowest BCUT2D eigenvalue weighted by Gasteiger charge is -2.32. The van der Waals surface area contributed by atoms with E-state index in [0.717, 1.165) is 26.2 Å². The molecule has 1 aromatic heterocycles. The van der Waals surface area contributed by atoms with Crippen LogP contribution in [0.15, 0.2) is 35.1 Å². The number of halogens is 1. The molecular formula is C23H28FN5O3. The second kappa shape index (κ2) is 8.76. The molecule has 2 aromatic carbocycles. The van der Waals surface area contributed by atoms with E-state index in [1.807, 2.05) is 13.8 Å². The van der Waals surface area contributed by atoms with E-state index < -0.39 is 11.5 Å². The van der Waals surface area contributed by atoms with Crippen molar-refractivity contribution in [2.45, 2.75) is 26.3 Å². The van der Waals surface area contributed by atoms with Gasteiger partial charge in [-0.1, -0.05) is 19.9 Å². The number of aromatic hydroxyl groups is 2. The van der Waals surface area contributed by atoms with E-state index in [2.05, 4.69) is 27.0 Å². The molecule has 9 heteroatoms. The normalized spacial score (nSPS) is 15.5. The topological polar surface area (TPSA) is 97.6 Å². The van der Waals surface area contributed by atoms with Crippen LogP contribution in [-0.2, 0) is 6.54 Å². The third kappa shape index (κ3) is 4.26. The minimum absolute atomic E-state index is 0.0141. The molecular weight excluding hydrogens is 413 g/mol. The zero-order valence-corrected chi connectivity index (χ0v) is 18.5. The van der Waals surface area contributed by atoms with Crippen LogP contribution in [0.25, 0.3) is 17.1 Å². The van der Waals surface area contributed by atoms with Crippen LogP contribution in [0.4, 0.5) is 4.39 Å². The predicted octanol–water partition coefficient (Wildman–Crippen LogP) is 2.65. The van der Waals surface area contributed by atoms with E-state index in [0.29, 0.717) is 23.4 Å². The molecule has 3 N–H and O–H groups in total. The Balaban J connectivity index is 1.69. The van der Waals surface area contributed by atoms with Gasteiger partial charge in [0, 0.05) is 44.4 Å². The summed E-state index contributed by atoms with van der Waals surface area (Å²) in [6, 6.07) is 7.50. The average Bonchev–Trinajstić information content (AvgIpc) is 3.12. The second-order valence-electron chi connectivity index (χ2n) is 8.63. The van der Waals surface area contributed by atoms with E-state index in [1.54, 1.807) is 18.2 Å². The Morgan fingerprint density at radius 3 is 2.47 bits per heavy atom. The molecule has 4 rings (SSSR count). The molecule has 0 unspecified atom stereocenters. The van der Waals surface area contributed by atoms with Crippen LogP contribution >= 0.6 is 0 Å². The lowest BCUT2D eigenvalue weighted by Crippen LogP contribution is -2.44. The molecule has 1 fully saturated rings. The Kier molecular flexibility index (Phi) is 6.03. The van der Waals surface area contributed by atoms with Gasteiger partial charge in [-0.05, 0) is 36.7 Å². The summed E-state index contributed by atoms with van der Waals surface area (Å²) in [7, 11) is 2.07. The van der Waals surface area contributed by atoms with Crippen LogP contribution in [0.5, 0.6) is 11.5 Å². The Morgan fingerprint density at radius 1 is 1.09 bits per heavy atom. The van der Waals surface area contributed by atoms with Gasteiger partial charge in [-0.2, -0.15) is 5.10 Å². The fourth-order valence-corrected chi connectivity index (χ4v) is 4.00. The first-order valence-corrected chi connectivity index (χ1v) is 10.7. The van der Waals surface area contributed by atoms with Gasteiger partial charge in [0.25, 0.3) is 0 Å². The van der Waals surface area contributed by atoms with Gasteiger partial charge < -0.3 is 15.1 Å². The molecule has 2 heterocycles. The van der Waals surface area contributed by atoms with Crippen LogP contribution in [0, 0.1) is 5.82 Å². The number of H-pyrrole nitrogens is 1. The van der Waals surface area contributed by atoms with Gasteiger partial charge in [0.1, 0.15) is 17.3 Å². The quantitative estimate of drug-likeness (QED) is 0.563. The van der Waals surface area contributed by atoms with Gasteiger partial charge in [-0.15, -0.1) is 0 Å². The van der Waals surface area contributed by atoms with E-state index in [-0.39, 0.29) is 28.8 Å². The molecule has 0 amide bonds. The highest BCUT2D eigenvalue weighted by Crippen LogP contribution is 2.37. The number of likely N-dealkylation sites (N-methyl/N-ethyl adjacent to an activating group) is 1. The molecule has 0 spiro atoms. The molecule has 1 aliphatic heterocycles. The SMILES string of the molecule is CC(C)c1cc(-c2n[nH]c(=O)n2-c2ccc(CN3CCN(C)CC3)c(F)c2)c(O)cc1O. The first-order chi connectivity index (χ1) is 15.2. The minimum atomic E-state index is -0.551. The van der Waals surface area contributed by atoms with Crippen molar-refractivity contribution in [1.82, 2.24) is 24.6 Å². The van der Waals surface area contributed by atoms with Crippen molar-refractivity contribution >= 4 is 0 Å². The molecule has 1 aliphatic rings. The molecule has 0 bridgehead atoms. The molecule has 0 atom stereocenters. The first kappa shape index (κ1) is 22.0. The Morgan fingerprint density at radius 2 is 1.81 bits per heavy atom. The maximum absolute atomic E-state index is 15.0. The Labute approximate surface area is 185 Å². The van der Waals surface area contributed by atoms with E-state index >= 15 is 0 Å². The Hall–Kier alpha value is -3.17. The number of aromatic nitrogens is 3. The summed E-state index contributed by atoms with van der Waals surface area (Å²) in [6.07, 6.45) is 0. The van der Waals surface area contributed by atoms with Crippen molar-refractivity contribution in [1.29, 1.82) is 0 Å². The standard InChI is InChI=1S/C23H28FN5O3/c1-14(2)17-11-18(21(31)12-20(17)30)22-25-26-23(32)29(22)16-5-4-15(19(24)10-16)13-28-8-6-27(3)7-9-28/h4-5,10-12,14,30-31H,6-9,13H2,1-3H3,(H,26,32). The average molecular weight is 442 g/mol. The fraction of sp³-hybridized carbons (Fsp3) is 0.391. The number of piperazine rings is 1. The van der Waals surface area contributed by atoms with Crippen molar-refractivity contribution in [2.24, 2.45) is 0 Å². The molecule has 170 valence electrons. The van der Waals surface area contributed by atoms with Gasteiger partial charge in [-0.3, -0.25) is 4.90 Å². The van der Waals surface area contributed by atoms with Crippen molar-refractivity contribution in [3.05, 3.63) is 57.8 Å². The molecule has 1 saturated heterocycles. The number of benzene rings is 2. The molecule has 0 radical (unpaired) electrons. The lowest BCUT2D eigenvalue weighted by molar-refractivity contribution is 0.147. The summed E-state index contributed by atoms with van der Waals surface area (Å²) in [6.45, 7) is 7.96. The number of nitrogens with one attached hydrogen (secondary N) is 1. The summed E-state index contributed by atoms with van der Waals surface area (Å²) in [5.74, 6) is -0.539. The summed E-state index contributed by atoms with van der Waals surface area (Å²) in [5.41, 5.74) is 1.19. The van der Waals surface area contributed by atoms with Crippen molar-refractivity contribution < 1.29 is 14.6 Å². The van der Waals surface area contributed by atoms with Crippen molar-refractivity contribution in [3.63, 3.8) is 0 Å². The summed E-state index contributed by atoms with van der Waals surface area (Å²) < 4.78 is 16.2. The maximum Gasteiger partial charge on any atom is 0.348 e. The zero-order chi connectivity index (χ0) is 23.0. The zero-order valence-electron chi connectivity index (χ0n) is 18.5. The van der Waals surface area contributed by atoms with Crippen LogP contribution in [-0.4, -0.2) is 68.0 Å². The minimum Gasteiger partial charge on any atom is -0.508 e. The smallest absolute Gasteiger partial charge is 0.348 e. The molecule has 32 heavy (non-hydrogen) atoms. The summed E-state index contributed by atoms with van der Waals surface area (Å²) in [4.78, 5) is 17.0. The third-order valence-electron chi connectivity index (χ3n) is 5.96. The van der Waals surface area contributed by atoms with E-state index in [1.165, 1.54) is 16.7 Å². The number of rotatable bonds is 5. The molecule has 0 saturated carbocycles. The number of hydrogen-bond donors (Lipinski definition) is 3. The first-order valence-electron chi connectivity index (χ1n) is 10.7. The fourth-order valence-electron chi connectivity index (χ4n) is 4.00. The number of nitrogens with zero attached hydrogens (tertiary/aromatic N) is 4. The lowest BCUT2D eigenvalue weighted by atomic mass is 9.98. The summed E-state index contributed by atoms with van der Waals surface area (Å²) >= 11 is 0. The number of hydrogen-bond acceptors (Lipinski definition) is 6. The maximum atomic E-state index is 15.0. The number of phenols is 2. The second-order valence-corrected chi connectivity index (χ2v) is 8.63. The largest absolute Gasteiger partial charge is 0.508 e. The Bertz CT molecular complexity index is 1180. The van der Waals surface area contributed by atoms with E-state index in [4.69, 9.17) is 0 Å². The predicted molar refractivity (Wildman–Crippen MR) is 120 cm³/mol. The highest BCUT2D eigenvalue weighted by Gasteiger charge is 2.21. The molecule has 3 aromatic rings. The summed E-state index contributed by atoms with van der Waals surface area (Å²) in [5, 5.41) is 27.0. The van der Waals surface area contributed by atoms with Gasteiger partial charge in [0.15, 0.2) is 5.82 Å². The van der Waals surface area contributed by atoms with E-state index in [9.17, 15) is 19.4 Å². The van der Waals surface area contributed by atoms with Gasteiger partial charge in [-0.25, -0.2) is 18.9 Å². The number of aromatic amines is 1.